The van der Waals surface area contributed by atoms with E-state index in [4.69, 9.17) is 34.8 Å². The van der Waals surface area contributed by atoms with E-state index in [1.54, 1.807) is 18.2 Å². The fraction of sp³-hybridized carbons (Fsp3) is 0.208. The Bertz CT molecular complexity index is 1250. The Morgan fingerprint density at radius 2 is 1.74 bits per heavy atom. The van der Waals surface area contributed by atoms with Gasteiger partial charge in [0.1, 0.15) is 0 Å². The molecule has 3 aromatic carbocycles. The minimum atomic E-state index is -4.00. The largest absolute Gasteiger partial charge is 0.478 e. The smallest absolute Gasteiger partial charge is 0.337 e. The van der Waals surface area contributed by atoms with Crippen LogP contribution in [-0.4, -0.2) is 31.9 Å². The number of carboxylic acids is 1. The molecule has 3 aromatic rings. The molecule has 34 heavy (non-hydrogen) atoms. The van der Waals surface area contributed by atoms with Crippen LogP contribution in [0.15, 0.2) is 71.6 Å². The third-order valence-corrected chi connectivity index (χ3v) is 7.76. The van der Waals surface area contributed by atoms with Gasteiger partial charge in [-0.25, -0.2) is 17.9 Å². The monoisotopic (exact) mass is 540 g/mol. The molecule has 3 rings (SSSR count). The number of carboxylic acid groups (broad SMARTS) is 1. The maximum atomic E-state index is 12.8. The van der Waals surface area contributed by atoms with Gasteiger partial charge >= 0.3 is 5.97 Å². The Kier molecular flexibility index (Phi) is 9.22. The van der Waals surface area contributed by atoms with Gasteiger partial charge in [0.25, 0.3) is 0 Å². The lowest BCUT2D eigenvalue weighted by Gasteiger charge is -2.19. The first-order valence-corrected chi connectivity index (χ1v) is 13.1. The Hall–Kier alpha value is -2.29. The summed E-state index contributed by atoms with van der Waals surface area (Å²) in [5, 5.41) is 13.4. The number of aromatic carboxylic acids is 1. The summed E-state index contributed by atoms with van der Waals surface area (Å²) in [4.78, 5) is 11.7. The number of carbonyl (C=O) groups is 1. The van der Waals surface area contributed by atoms with E-state index in [1.807, 2.05) is 30.3 Å². The number of hydrogen-bond acceptors (Lipinski definition) is 4. The van der Waals surface area contributed by atoms with Crippen LogP contribution in [0, 0.1) is 0 Å². The summed E-state index contributed by atoms with van der Waals surface area (Å²) in [5.74, 6) is -0.731. The Balaban J connectivity index is 1.79. The van der Waals surface area contributed by atoms with E-state index in [-0.39, 0.29) is 27.9 Å². The molecule has 180 valence electrons. The first-order chi connectivity index (χ1) is 16.2. The molecule has 0 spiro atoms. The van der Waals surface area contributed by atoms with Crippen LogP contribution >= 0.6 is 34.8 Å². The molecule has 0 heterocycles. The summed E-state index contributed by atoms with van der Waals surface area (Å²) in [6, 6.07) is 18.6. The zero-order valence-corrected chi connectivity index (χ0v) is 21.1. The predicted octanol–water partition coefficient (Wildman–Crippen LogP) is 5.99. The van der Waals surface area contributed by atoms with Crippen molar-refractivity contribution in [1.29, 1.82) is 0 Å². The third-order valence-electron chi connectivity index (χ3n) is 5.28. The van der Waals surface area contributed by atoms with Crippen molar-refractivity contribution in [2.45, 2.75) is 23.8 Å². The normalized spacial score (nSPS) is 12.3. The van der Waals surface area contributed by atoms with Gasteiger partial charge in [-0.05, 0) is 41.8 Å². The lowest BCUT2D eigenvalue weighted by Crippen LogP contribution is -2.24. The van der Waals surface area contributed by atoms with Crippen LogP contribution in [0.3, 0.4) is 0 Å². The maximum absolute atomic E-state index is 12.8. The van der Waals surface area contributed by atoms with Crippen LogP contribution in [-0.2, 0) is 16.6 Å². The topological polar surface area (TPSA) is 95.5 Å². The first kappa shape index (κ1) is 26.3. The van der Waals surface area contributed by atoms with Crippen molar-refractivity contribution in [3.63, 3.8) is 0 Å². The summed E-state index contributed by atoms with van der Waals surface area (Å²) in [5.41, 5.74) is 1.75. The van der Waals surface area contributed by atoms with E-state index in [1.165, 1.54) is 12.1 Å². The average molecular weight is 542 g/mol. The highest BCUT2D eigenvalue weighted by atomic mass is 35.5. The predicted molar refractivity (Wildman–Crippen MR) is 137 cm³/mol. The molecule has 0 aromatic heterocycles. The molecule has 1 atom stereocenters. The summed E-state index contributed by atoms with van der Waals surface area (Å²) in [6.45, 7) is 0.343. The molecule has 0 bridgehead atoms. The van der Waals surface area contributed by atoms with Gasteiger partial charge in [-0.3, -0.25) is 0 Å². The Morgan fingerprint density at radius 1 is 1.00 bits per heavy atom. The second-order valence-electron chi connectivity index (χ2n) is 7.52. The van der Waals surface area contributed by atoms with E-state index >= 15 is 0 Å². The van der Waals surface area contributed by atoms with Crippen molar-refractivity contribution >= 4 is 56.5 Å². The molecule has 6 nitrogen and oxygen atoms in total. The SMILES string of the molecule is O=C(O)c1cc(S(=O)(=O)NCc2cccc(Cl)c2Cl)ccc1NCC(CCCl)c1ccccc1. The molecule has 0 saturated heterocycles. The highest BCUT2D eigenvalue weighted by molar-refractivity contribution is 7.89. The van der Waals surface area contributed by atoms with Crippen LogP contribution in [0.5, 0.6) is 0 Å². The number of anilines is 1. The van der Waals surface area contributed by atoms with Crippen molar-refractivity contribution in [3.8, 4) is 0 Å². The molecule has 0 fully saturated rings. The molecule has 1 unspecified atom stereocenters. The number of sulfonamides is 1. The maximum Gasteiger partial charge on any atom is 0.337 e. The van der Waals surface area contributed by atoms with Gasteiger partial charge < -0.3 is 10.4 Å². The van der Waals surface area contributed by atoms with E-state index in [2.05, 4.69) is 10.0 Å². The van der Waals surface area contributed by atoms with Crippen molar-refractivity contribution in [2.75, 3.05) is 17.7 Å². The van der Waals surface area contributed by atoms with Gasteiger partial charge in [0.05, 0.1) is 20.5 Å². The molecule has 0 aliphatic carbocycles. The van der Waals surface area contributed by atoms with E-state index < -0.39 is 16.0 Å². The van der Waals surface area contributed by atoms with Crippen LogP contribution in [0.1, 0.15) is 33.8 Å². The second kappa shape index (κ2) is 11.9. The third kappa shape index (κ3) is 6.64. The van der Waals surface area contributed by atoms with Crippen molar-refractivity contribution in [1.82, 2.24) is 4.72 Å². The molecule has 10 heteroatoms. The molecular formula is C24H23Cl3N2O4S. The highest BCUT2D eigenvalue weighted by Gasteiger charge is 2.20. The molecule has 0 amide bonds. The fourth-order valence-corrected chi connectivity index (χ4v) is 5.12. The molecular weight excluding hydrogens is 519 g/mol. The van der Waals surface area contributed by atoms with Gasteiger partial charge in [0, 0.05) is 30.6 Å². The van der Waals surface area contributed by atoms with Gasteiger partial charge in [-0.2, -0.15) is 0 Å². The quantitative estimate of drug-likeness (QED) is 0.259. The van der Waals surface area contributed by atoms with Gasteiger partial charge in [-0.1, -0.05) is 65.7 Å². The zero-order valence-electron chi connectivity index (χ0n) is 18.0. The first-order valence-electron chi connectivity index (χ1n) is 10.4. The summed E-state index contributed by atoms with van der Waals surface area (Å²) in [7, 11) is -4.00. The number of halogens is 3. The molecule has 0 aliphatic rings. The van der Waals surface area contributed by atoms with Crippen LogP contribution in [0.2, 0.25) is 10.0 Å². The summed E-state index contributed by atoms with van der Waals surface area (Å²) < 4.78 is 28.1. The fourth-order valence-electron chi connectivity index (χ4n) is 3.44. The molecule has 0 radical (unpaired) electrons. The lowest BCUT2D eigenvalue weighted by atomic mass is 9.96. The van der Waals surface area contributed by atoms with E-state index in [0.717, 1.165) is 11.6 Å². The summed E-state index contributed by atoms with van der Waals surface area (Å²) >= 11 is 18.1. The van der Waals surface area contributed by atoms with Crippen molar-refractivity contribution in [2.24, 2.45) is 0 Å². The number of alkyl halides is 1. The van der Waals surface area contributed by atoms with Gasteiger partial charge in [-0.15, -0.1) is 11.6 Å². The zero-order chi connectivity index (χ0) is 24.7. The van der Waals surface area contributed by atoms with Crippen molar-refractivity contribution < 1.29 is 18.3 Å². The molecule has 0 saturated carbocycles. The standard InChI is InChI=1S/C24H23Cl3N2O4S/c25-12-11-17(16-5-2-1-3-6-16)14-28-22-10-9-19(13-20(22)24(30)31)34(32,33)29-15-18-7-4-8-21(26)23(18)27/h1-10,13,17,28-29H,11-12,14-15H2,(H,30,31). The minimum Gasteiger partial charge on any atom is -0.478 e. The lowest BCUT2D eigenvalue weighted by molar-refractivity contribution is 0.0697. The van der Waals surface area contributed by atoms with E-state index in [9.17, 15) is 18.3 Å². The number of rotatable bonds is 11. The summed E-state index contributed by atoms with van der Waals surface area (Å²) in [6.07, 6.45) is 0.698. The molecule has 0 aliphatic heterocycles. The highest BCUT2D eigenvalue weighted by Crippen LogP contribution is 2.27. The second-order valence-corrected chi connectivity index (χ2v) is 10.4. The molecule has 3 N–H and O–H groups in total. The van der Waals surface area contributed by atoms with E-state index in [0.29, 0.717) is 35.1 Å². The average Bonchev–Trinajstić information content (AvgIpc) is 2.83. The minimum absolute atomic E-state index is 0.0628. The number of nitrogens with one attached hydrogen (secondary N) is 2. The van der Waals surface area contributed by atoms with Crippen molar-refractivity contribution in [3.05, 3.63) is 93.5 Å². The van der Waals surface area contributed by atoms with Crippen LogP contribution in [0.25, 0.3) is 0 Å². The Morgan fingerprint density at radius 3 is 2.41 bits per heavy atom. The number of hydrogen-bond donors (Lipinski definition) is 3. The van der Waals surface area contributed by atoms with Crippen LogP contribution in [0.4, 0.5) is 5.69 Å². The van der Waals surface area contributed by atoms with Gasteiger partial charge in [0.2, 0.25) is 10.0 Å². The number of benzene rings is 3. The van der Waals surface area contributed by atoms with Gasteiger partial charge in [0.15, 0.2) is 0 Å². The van der Waals surface area contributed by atoms with Crippen LogP contribution < -0.4 is 10.0 Å². The Labute approximate surface area is 213 Å².